The van der Waals surface area contributed by atoms with Crippen molar-refractivity contribution in [1.82, 2.24) is 0 Å². The molecule has 2 nitrogen and oxygen atoms in total. The smallest absolute Gasteiger partial charge is 0.122 e. The van der Waals surface area contributed by atoms with Gasteiger partial charge in [-0.1, -0.05) is 40.2 Å². The third-order valence-electron chi connectivity index (χ3n) is 3.61. The van der Waals surface area contributed by atoms with Crippen LogP contribution in [0, 0.1) is 6.92 Å². The predicted octanol–water partition coefficient (Wildman–Crippen LogP) is 3.74. The molecule has 19 heavy (non-hydrogen) atoms. The largest absolute Gasteiger partial charge is 0.493 e. The number of hydrogen-bond donors (Lipinski definition) is 1. The first-order valence-electron chi connectivity index (χ1n) is 6.42. The van der Waals surface area contributed by atoms with Crippen LogP contribution in [-0.2, 0) is 6.42 Å². The second kappa shape index (κ2) is 4.99. The summed E-state index contributed by atoms with van der Waals surface area (Å²) in [5.41, 5.74) is 11.1. The Balaban J connectivity index is 1.94. The van der Waals surface area contributed by atoms with Crippen molar-refractivity contribution >= 4 is 15.9 Å². The van der Waals surface area contributed by atoms with E-state index >= 15 is 0 Å². The molecule has 2 aromatic carbocycles. The van der Waals surface area contributed by atoms with Crippen molar-refractivity contribution in [3.05, 3.63) is 63.1 Å². The van der Waals surface area contributed by atoms with Crippen molar-refractivity contribution in [2.75, 3.05) is 6.61 Å². The summed E-state index contributed by atoms with van der Waals surface area (Å²) in [6.45, 7) is 2.86. The number of halogens is 1. The molecular weight excluding hydrogens is 302 g/mol. The molecule has 0 radical (unpaired) electrons. The Morgan fingerprint density at radius 1 is 1.16 bits per heavy atom. The van der Waals surface area contributed by atoms with Gasteiger partial charge in [0, 0.05) is 10.9 Å². The molecule has 2 aromatic rings. The molecule has 3 heteroatoms. The molecule has 1 atom stereocenters. The molecule has 0 amide bonds. The van der Waals surface area contributed by atoms with E-state index in [-0.39, 0.29) is 6.04 Å². The lowest BCUT2D eigenvalue weighted by molar-refractivity contribution is 0.357. The number of fused-ring (bicyclic) bond motifs is 1. The van der Waals surface area contributed by atoms with E-state index in [0.717, 1.165) is 34.4 Å². The molecule has 0 spiro atoms. The fourth-order valence-corrected chi connectivity index (χ4v) is 2.70. The first-order valence-corrected chi connectivity index (χ1v) is 7.22. The van der Waals surface area contributed by atoms with E-state index in [1.165, 1.54) is 11.1 Å². The van der Waals surface area contributed by atoms with Crippen LogP contribution < -0.4 is 10.5 Å². The van der Waals surface area contributed by atoms with Crippen LogP contribution in [0.5, 0.6) is 5.75 Å². The standard InChI is InChI=1S/C16H16BrNO/c1-10-8-12(2-4-14(10)17)16(18)13-3-5-15-11(9-13)6-7-19-15/h2-5,8-9,16H,6-7,18H2,1H3. The Bertz CT molecular complexity index is 624. The van der Waals surface area contributed by atoms with Gasteiger partial charge in [0.05, 0.1) is 12.6 Å². The minimum absolute atomic E-state index is 0.0855. The molecule has 1 aliphatic rings. The van der Waals surface area contributed by atoms with Gasteiger partial charge in [-0.25, -0.2) is 0 Å². The quantitative estimate of drug-likeness (QED) is 0.915. The summed E-state index contributed by atoms with van der Waals surface area (Å²) in [5, 5.41) is 0. The average Bonchev–Trinajstić information content (AvgIpc) is 2.88. The highest BCUT2D eigenvalue weighted by Crippen LogP contribution is 2.30. The third kappa shape index (κ3) is 2.40. The van der Waals surface area contributed by atoms with Gasteiger partial charge in [0.15, 0.2) is 0 Å². The highest BCUT2D eigenvalue weighted by molar-refractivity contribution is 9.10. The summed E-state index contributed by atoms with van der Waals surface area (Å²) >= 11 is 3.52. The van der Waals surface area contributed by atoms with Gasteiger partial charge < -0.3 is 10.5 Å². The highest BCUT2D eigenvalue weighted by atomic mass is 79.9. The topological polar surface area (TPSA) is 35.2 Å². The average molecular weight is 318 g/mol. The van der Waals surface area contributed by atoms with Crippen LogP contribution in [0.2, 0.25) is 0 Å². The molecule has 0 saturated carbocycles. The molecular formula is C16H16BrNO. The summed E-state index contributed by atoms with van der Waals surface area (Å²) in [6.07, 6.45) is 0.981. The van der Waals surface area contributed by atoms with E-state index in [2.05, 4.69) is 53.2 Å². The van der Waals surface area contributed by atoms with Crippen molar-refractivity contribution in [1.29, 1.82) is 0 Å². The Hall–Kier alpha value is -1.32. The molecule has 0 fully saturated rings. The third-order valence-corrected chi connectivity index (χ3v) is 4.50. The minimum Gasteiger partial charge on any atom is -0.493 e. The summed E-state index contributed by atoms with van der Waals surface area (Å²) in [5.74, 6) is 1.00. The van der Waals surface area contributed by atoms with Crippen LogP contribution in [-0.4, -0.2) is 6.61 Å². The van der Waals surface area contributed by atoms with Gasteiger partial charge >= 0.3 is 0 Å². The molecule has 2 N–H and O–H groups in total. The van der Waals surface area contributed by atoms with E-state index in [0.29, 0.717) is 0 Å². The van der Waals surface area contributed by atoms with E-state index in [4.69, 9.17) is 10.5 Å². The Labute approximate surface area is 121 Å². The molecule has 0 aliphatic carbocycles. The van der Waals surface area contributed by atoms with Gasteiger partial charge in [-0.15, -0.1) is 0 Å². The lowest BCUT2D eigenvalue weighted by atomic mass is 9.96. The summed E-state index contributed by atoms with van der Waals surface area (Å²) in [7, 11) is 0. The molecule has 0 saturated heterocycles. The van der Waals surface area contributed by atoms with Crippen molar-refractivity contribution in [2.24, 2.45) is 5.73 Å². The minimum atomic E-state index is -0.0855. The highest BCUT2D eigenvalue weighted by Gasteiger charge is 2.16. The number of hydrogen-bond acceptors (Lipinski definition) is 2. The molecule has 1 aliphatic heterocycles. The first-order chi connectivity index (χ1) is 9.15. The van der Waals surface area contributed by atoms with Crippen molar-refractivity contribution in [2.45, 2.75) is 19.4 Å². The maximum atomic E-state index is 6.37. The zero-order valence-corrected chi connectivity index (χ0v) is 12.4. The fraction of sp³-hybridized carbons (Fsp3) is 0.250. The van der Waals surface area contributed by atoms with Crippen molar-refractivity contribution in [3.63, 3.8) is 0 Å². The second-order valence-corrected chi connectivity index (χ2v) is 5.81. The van der Waals surface area contributed by atoms with Gasteiger partial charge in [-0.05, 0) is 41.3 Å². The monoisotopic (exact) mass is 317 g/mol. The molecule has 0 aromatic heterocycles. The van der Waals surface area contributed by atoms with Crippen LogP contribution in [0.25, 0.3) is 0 Å². The van der Waals surface area contributed by atoms with Gasteiger partial charge in [0.2, 0.25) is 0 Å². The Morgan fingerprint density at radius 2 is 1.89 bits per heavy atom. The summed E-state index contributed by atoms with van der Waals surface area (Å²) in [4.78, 5) is 0. The van der Waals surface area contributed by atoms with E-state index in [1.807, 2.05) is 6.07 Å². The molecule has 1 heterocycles. The molecule has 3 rings (SSSR count). The Morgan fingerprint density at radius 3 is 2.68 bits per heavy atom. The molecule has 0 bridgehead atoms. The Kier molecular flexibility index (Phi) is 3.33. The number of ether oxygens (including phenoxy) is 1. The number of aryl methyl sites for hydroxylation is 1. The predicted molar refractivity (Wildman–Crippen MR) is 80.6 cm³/mol. The number of benzene rings is 2. The maximum absolute atomic E-state index is 6.37. The van der Waals surface area contributed by atoms with E-state index in [1.54, 1.807) is 0 Å². The van der Waals surface area contributed by atoms with Gasteiger partial charge in [0.25, 0.3) is 0 Å². The number of rotatable bonds is 2. The van der Waals surface area contributed by atoms with Gasteiger partial charge in [-0.3, -0.25) is 0 Å². The van der Waals surface area contributed by atoms with Crippen molar-refractivity contribution < 1.29 is 4.74 Å². The van der Waals surface area contributed by atoms with Gasteiger partial charge in [0.1, 0.15) is 5.75 Å². The summed E-state index contributed by atoms with van der Waals surface area (Å²) < 4.78 is 6.64. The SMILES string of the molecule is Cc1cc(C(N)c2ccc3c(c2)CCO3)ccc1Br. The van der Waals surface area contributed by atoms with Gasteiger partial charge in [-0.2, -0.15) is 0 Å². The number of nitrogens with two attached hydrogens (primary N) is 1. The summed E-state index contributed by atoms with van der Waals surface area (Å²) in [6, 6.07) is 12.4. The van der Waals surface area contributed by atoms with E-state index in [9.17, 15) is 0 Å². The first kappa shape index (κ1) is 12.7. The molecule has 98 valence electrons. The maximum Gasteiger partial charge on any atom is 0.122 e. The molecule has 1 unspecified atom stereocenters. The fourth-order valence-electron chi connectivity index (χ4n) is 2.45. The lowest BCUT2D eigenvalue weighted by Crippen LogP contribution is -2.12. The van der Waals surface area contributed by atoms with Crippen molar-refractivity contribution in [3.8, 4) is 5.75 Å². The van der Waals surface area contributed by atoms with Crippen LogP contribution >= 0.6 is 15.9 Å². The zero-order valence-electron chi connectivity index (χ0n) is 10.8. The zero-order chi connectivity index (χ0) is 13.4. The normalized spacial score (nSPS) is 14.9. The van der Waals surface area contributed by atoms with Crippen LogP contribution in [0.1, 0.15) is 28.3 Å². The van der Waals surface area contributed by atoms with Crippen LogP contribution in [0.15, 0.2) is 40.9 Å². The van der Waals surface area contributed by atoms with E-state index < -0.39 is 0 Å². The second-order valence-electron chi connectivity index (χ2n) is 4.95. The van der Waals surface area contributed by atoms with Crippen LogP contribution in [0.3, 0.4) is 0 Å². The lowest BCUT2D eigenvalue weighted by Gasteiger charge is -2.15. The van der Waals surface area contributed by atoms with Crippen LogP contribution in [0.4, 0.5) is 0 Å².